The fourth-order valence-corrected chi connectivity index (χ4v) is 1.84. The van der Waals surface area contributed by atoms with Crippen molar-refractivity contribution in [1.82, 2.24) is 10.2 Å². The van der Waals surface area contributed by atoms with Crippen molar-refractivity contribution in [3.63, 3.8) is 0 Å². The average Bonchev–Trinajstić information content (AvgIpc) is 2.30. The Hall–Kier alpha value is -0.650. The number of carbonyl (C=O) groups is 1. The van der Waals surface area contributed by atoms with Gasteiger partial charge >= 0.3 is 0 Å². The van der Waals surface area contributed by atoms with Gasteiger partial charge in [0.25, 0.3) is 0 Å². The van der Waals surface area contributed by atoms with Crippen LogP contribution in [0.2, 0.25) is 0 Å². The molecular formula is C11H22N2O3. The molecule has 5 heteroatoms. The van der Waals surface area contributed by atoms with Gasteiger partial charge in [-0.1, -0.05) is 6.92 Å². The van der Waals surface area contributed by atoms with E-state index in [1.807, 2.05) is 6.92 Å². The van der Waals surface area contributed by atoms with E-state index in [9.17, 15) is 4.79 Å². The molecule has 0 aromatic heterocycles. The number of nitrogens with zero attached hydrogens (tertiary/aromatic N) is 1. The SMILES string of the molecule is CCCN(CCO)C(=O)CC1COCCN1. The molecule has 0 aromatic carbocycles. The molecule has 1 fully saturated rings. The number of rotatable bonds is 6. The number of aliphatic hydroxyl groups is 1. The first kappa shape index (κ1) is 13.4. The molecule has 1 heterocycles. The van der Waals surface area contributed by atoms with Gasteiger partial charge in [-0.05, 0) is 6.42 Å². The van der Waals surface area contributed by atoms with Gasteiger partial charge in [0.15, 0.2) is 0 Å². The van der Waals surface area contributed by atoms with Gasteiger partial charge in [-0.25, -0.2) is 0 Å². The summed E-state index contributed by atoms with van der Waals surface area (Å²) in [6.45, 7) is 5.34. The smallest absolute Gasteiger partial charge is 0.224 e. The Labute approximate surface area is 96.8 Å². The monoisotopic (exact) mass is 230 g/mol. The standard InChI is InChI=1S/C11H22N2O3/c1-2-4-13(5-6-14)11(15)8-10-9-16-7-3-12-10/h10,12,14H,2-9H2,1H3. The minimum Gasteiger partial charge on any atom is -0.395 e. The molecule has 1 saturated heterocycles. The van der Waals surface area contributed by atoms with Crippen molar-refractivity contribution in [1.29, 1.82) is 0 Å². The minimum absolute atomic E-state index is 0.0281. The van der Waals surface area contributed by atoms with Crippen molar-refractivity contribution in [2.24, 2.45) is 0 Å². The summed E-state index contributed by atoms with van der Waals surface area (Å²) in [5, 5.41) is 12.1. The largest absolute Gasteiger partial charge is 0.395 e. The maximum atomic E-state index is 11.9. The lowest BCUT2D eigenvalue weighted by Crippen LogP contribution is -2.45. The van der Waals surface area contributed by atoms with Crippen LogP contribution in [0.1, 0.15) is 19.8 Å². The lowest BCUT2D eigenvalue weighted by molar-refractivity contribution is -0.133. The Morgan fingerprint density at radius 2 is 2.38 bits per heavy atom. The van der Waals surface area contributed by atoms with E-state index in [1.54, 1.807) is 4.90 Å². The average molecular weight is 230 g/mol. The maximum absolute atomic E-state index is 11.9. The molecule has 1 aliphatic heterocycles. The van der Waals surface area contributed by atoms with Crippen molar-refractivity contribution in [3.8, 4) is 0 Å². The van der Waals surface area contributed by atoms with Gasteiger partial charge in [-0.15, -0.1) is 0 Å². The summed E-state index contributed by atoms with van der Waals surface area (Å²) in [6, 6.07) is 0.124. The molecular weight excluding hydrogens is 208 g/mol. The van der Waals surface area contributed by atoms with E-state index in [0.717, 1.165) is 19.6 Å². The van der Waals surface area contributed by atoms with Crippen molar-refractivity contribution < 1.29 is 14.6 Å². The fraction of sp³-hybridized carbons (Fsp3) is 0.909. The van der Waals surface area contributed by atoms with E-state index < -0.39 is 0 Å². The first-order chi connectivity index (χ1) is 7.77. The van der Waals surface area contributed by atoms with Crippen LogP contribution in [-0.4, -0.2) is 61.4 Å². The summed E-state index contributed by atoms with van der Waals surface area (Å²) in [6.07, 6.45) is 1.38. The van der Waals surface area contributed by atoms with E-state index in [4.69, 9.17) is 9.84 Å². The number of morpholine rings is 1. The number of amides is 1. The summed E-state index contributed by atoms with van der Waals surface area (Å²) in [5.41, 5.74) is 0. The number of ether oxygens (including phenoxy) is 1. The molecule has 0 spiro atoms. The van der Waals surface area contributed by atoms with Crippen LogP contribution in [0.3, 0.4) is 0 Å². The third-order valence-electron chi connectivity index (χ3n) is 2.64. The van der Waals surface area contributed by atoms with Crippen LogP contribution in [0.4, 0.5) is 0 Å². The second kappa shape index (κ2) is 7.60. The van der Waals surface area contributed by atoms with Gasteiger partial charge in [0.05, 0.1) is 19.8 Å². The van der Waals surface area contributed by atoms with Crippen LogP contribution >= 0.6 is 0 Å². The molecule has 2 N–H and O–H groups in total. The summed E-state index contributed by atoms with van der Waals surface area (Å²) in [7, 11) is 0. The second-order valence-corrected chi connectivity index (χ2v) is 4.03. The molecule has 0 aliphatic carbocycles. The Morgan fingerprint density at radius 1 is 1.56 bits per heavy atom. The fourth-order valence-electron chi connectivity index (χ4n) is 1.84. The Bertz CT molecular complexity index is 199. The van der Waals surface area contributed by atoms with Gasteiger partial charge in [0.1, 0.15) is 0 Å². The van der Waals surface area contributed by atoms with Crippen LogP contribution in [0, 0.1) is 0 Å². The topological polar surface area (TPSA) is 61.8 Å². The third-order valence-corrected chi connectivity index (χ3v) is 2.64. The lowest BCUT2D eigenvalue weighted by Gasteiger charge is -2.27. The van der Waals surface area contributed by atoms with Crippen molar-refractivity contribution in [3.05, 3.63) is 0 Å². The quantitative estimate of drug-likeness (QED) is 0.651. The summed E-state index contributed by atoms with van der Waals surface area (Å²) in [5.74, 6) is 0.0962. The Balaban J connectivity index is 2.34. The normalized spacial score (nSPS) is 20.8. The summed E-state index contributed by atoms with van der Waals surface area (Å²) >= 11 is 0. The lowest BCUT2D eigenvalue weighted by atomic mass is 10.1. The van der Waals surface area contributed by atoms with Crippen LogP contribution in [0.5, 0.6) is 0 Å². The highest BCUT2D eigenvalue weighted by Crippen LogP contribution is 2.03. The highest BCUT2D eigenvalue weighted by atomic mass is 16.5. The molecule has 5 nitrogen and oxygen atoms in total. The zero-order valence-corrected chi connectivity index (χ0v) is 9.95. The van der Waals surface area contributed by atoms with E-state index >= 15 is 0 Å². The highest BCUT2D eigenvalue weighted by Gasteiger charge is 2.20. The maximum Gasteiger partial charge on any atom is 0.224 e. The molecule has 1 rings (SSSR count). The minimum atomic E-state index is 0.0281. The molecule has 1 unspecified atom stereocenters. The van der Waals surface area contributed by atoms with Crippen molar-refractivity contribution >= 4 is 5.91 Å². The number of nitrogens with one attached hydrogen (secondary N) is 1. The van der Waals surface area contributed by atoms with E-state index in [0.29, 0.717) is 26.1 Å². The number of carbonyl (C=O) groups excluding carboxylic acids is 1. The third kappa shape index (κ3) is 4.47. The molecule has 16 heavy (non-hydrogen) atoms. The van der Waals surface area contributed by atoms with E-state index in [1.165, 1.54) is 0 Å². The van der Waals surface area contributed by atoms with Gasteiger partial charge in [-0.3, -0.25) is 4.79 Å². The molecule has 1 aliphatic rings. The molecule has 0 bridgehead atoms. The first-order valence-electron chi connectivity index (χ1n) is 5.97. The van der Waals surface area contributed by atoms with Crippen LogP contribution in [0.15, 0.2) is 0 Å². The predicted molar refractivity (Wildman–Crippen MR) is 61.2 cm³/mol. The van der Waals surface area contributed by atoms with Crippen molar-refractivity contribution in [2.45, 2.75) is 25.8 Å². The van der Waals surface area contributed by atoms with E-state index in [2.05, 4.69) is 5.32 Å². The summed E-state index contributed by atoms with van der Waals surface area (Å²) in [4.78, 5) is 13.6. The molecule has 0 saturated carbocycles. The van der Waals surface area contributed by atoms with Crippen LogP contribution < -0.4 is 5.32 Å². The Kier molecular flexibility index (Phi) is 6.37. The predicted octanol–water partition coefficient (Wildman–Crippen LogP) is -0.404. The van der Waals surface area contributed by atoms with E-state index in [-0.39, 0.29) is 18.6 Å². The van der Waals surface area contributed by atoms with Gasteiger partial charge < -0.3 is 20.1 Å². The molecule has 94 valence electrons. The zero-order chi connectivity index (χ0) is 11.8. The highest BCUT2D eigenvalue weighted by molar-refractivity contribution is 5.76. The van der Waals surface area contributed by atoms with Gasteiger partial charge in [0.2, 0.25) is 5.91 Å². The molecule has 1 amide bonds. The second-order valence-electron chi connectivity index (χ2n) is 4.03. The zero-order valence-electron chi connectivity index (χ0n) is 9.95. The molecule has 0 radical (unpaired) electrons. The number of aliphatic hydroxyl groups excluding tert-OH is 1. The number of hydrogen-bond acceptors (Lipinski definition) is 4. The molecule has 1 atom stereocenters. The van der Waals surface area contributed by atoms with Gasteiger partial charge in [0, 0.05) is 32.1 Å². The Morgan fingerprint density at radius 3 is 2.94 bits per heavy atom. The van der Waals surface area contributed by atoms with Crippen LogP contribution in [0.25, 0.3) is 0 Å². The van der Waals surface area contributed by atoms with Gasteiger partial charge in [-0.2, -0.15) is 0 Å². The van der Waals surface area contributed by atoms with Crippen molar-refractivity contribution in [2.75, 3.05) is 39.5 Å². The summed E-state index contributed by atoms with van der Waals surface area (Å²) < 4.78 is 5.30. The molecule has 0 aromatic rings. The van der Waals surface area contributed by atoms with Crippen LogP contribution in [-0.2, 0) is 9.53 Å². The first-order valence-corrected chi connectivity index (χ1v) is 5.97. The number of hydrogen-bond donors (Lipinski definition) is 2.